The maximum atomic E-state index is 11.6. The Balaban J connectivity index is 2.59. The molecule has 0 aromatic carbocycles. The molecule has 0 unspecified atom stereocenters. The smallest absolute Gasteiger partial charge is 0.328 e. The van der Waals surface area contributed by atoms with E-state index in [4.69, 9.17) is 0 Å². The van der Waals surface area contributed by atoms with Crippen LogP contribution in [0, 0.1) is 0 Å². The van der Waals surface area contributed by atoms with Crippen LogP contribution >= 0.6 is 0 Å². The van der Waals surface area contributed by atoms with E-state index >= 15 is 0 Å². The molecule has 1 saturated carbocycles. The zero-order valence-corrected chi connectivity index (χ0v) is 9.06. The highest BCUT2D eigenvalue weighted by Gasteiger charge is 2.28. The number of carbonyl (C=O) groups is 1. The van der Waals surface area contributed by atoms with E-state index in [0.29, 0.717) is 12.8 Å². The summed E-state index contributed by atoms with van der Waals surface area (Å²) in [7, 11) is -2.06. The van der Waals surface area contributed by atoms with Crippen molar-refractivity contribution < 1.29 is 13.2 Å². The van der Waals surface area contributed by atoms with Gasteiger partial charge in [-0.05, 0) is 12.8 Å². The third kappa shape index (κ3) is 2.87. The van der Waals surface area contributed by atoms with Gasteiger partial charge >= 0.3 is 6.03 Å². The molecule has 0 heterocycles. The van der Waals surface area contributed by atoms with Crippen molar-refractivity contribution in [1.82, 2.24) is 10.0 Å². The van der Waals surface area contributed by atoms with E-state index in [1.165, 1.54) is 7.05 Å². The molecule has 0 atom stereocenters. The fraction of sp³-hybridized carbons (Fsp3) is 0.875. The number of hydrogen-bond acceptors (Lipinski definition) is 3. The minimum Gasteiger partial charge on any atom is -0.340 e. The van der Waals surface area contributed by atoms with Gasteiger partial charge in [0.05, 0.1) is 5.25 Å². The molecular weight excluding hydrogens is 204 g/mol. The molecule has 2 N–H and O–H groups in total. The van der Waals surface area contributed by atoms with Crippen molar-refractivity contribution in [3.63, 3.8) is 0 Å². The lowest BCUT2D eigenvalue weighted by molar-refractivity contribution is 0.247. The molecule has 0 aromatic heterocycles. The van der Waals surface area contributed by atoms with Gasteiger partial charge < -0.3 is 5.32 Å². The Morgan fingerprint density at radius 2 is 1.79 bits per heavy atom. The summed E-state index contributed by atoms with van der Waals surface area (Å²) in [5, 5.41) is 1.84. The van der Waals surface area contributed by atoms with E-state index in [-0.39, 0.29) is 0 Å². The van der Waals surface area contributed by atoms with Gasteiger partial charge in [-0.25, -0.2) is 17.9 Å². The first-order valence-electron chi connectivity index (χ1n) is 4.79. The van der Waals surface area contributed by atoms with Crippen LogP contribution in [0.25, 0.3) is 0 Å². The van der Waals surface area contributed by atoms with Gasteiger partial charge in [0.2, 0.25) is 10.0 Å². The van der Waals surface area contributed by atoms with Crippen LogP contribution in [-0.4, -0.2) is 26.7 Å². The summed E-state index contributed by atoms with van der Waals surface area (Å²) in [6, 6.07) is -0.657. The molecule has 14 heavy (non-hydrogen) atoms. The van der Waals surface area contributed by atoms with Crippen molar-refractivity contribution in [3.8, 4) is 0 Å². The fourth-order valence-corrected chi connectivity index (χ4v) is 3.12. The van der Waals surface area contributed by atoms with Gasteiger partial charge in [0.25, 0.3) is 0 Å². The minimum atomic E-state index is -3.46. The molecule has 0 radical (unpaired) electrons. The van der Waals surface area contributed by atoms with Gasteiger partial charge in [0.1, 0.15) is 0 Å². The van der Waals surface area contributed by atoms with Gasteiger partial charge in [-0.1, -0.05) is 19.3 Å². The van der Waals surface area contributed by atoms with E-state index in [1.54, 1.807) is 0 Å². The van der Waals surface area contributed by atoms with Crippen LogP contribution < -0.4 is 10.0 Å². The monoisotopic (exact) mass is 220 g/mol. The van der Waals surface area contributed by atoms with Crippen molar-refractivity contribution in [2.75, 3.05) is 7.05 Å². The van der Waals surface area contributed by atoms with Crippen LogP contribution in [-0.2, 0) is 10.0 Å². The highest BCUT2D eigenvalue weighted by atomic mass is 32.2. The third-order valence-corrected chi connectivity index (χ3v) is 4.27. The summed E-state index contributed by atoms with van der Waals surface area (Å²) in [6.07, 6.45) is 4.27. The Labute approximate surface area is 84.3 Å². The third-order valence-electron chi connectivity index (χ3n) is 2.45. The highest BCUT2D eigenvalue weighted by Crippen LogP contribution is 2.22. The van der Waals surface area contributed by atoms with Gasteiger partial charge in [0.15, 0.2) is 0 Å². The Morgan fingerprint density at radius 3 is 2.29 bits per heavy atom. The van der Waals surface area contributed by atoms with Gasteiger partial charge in [-0.3, -0.25) is 0 Å². The number of urea groups is 1. The number of amides is 2. The van der Waals surface area contributed by atoms with Crippen molar-refractivity contribution in [2.24, 2.45) is 0 Å². The second-order valence-corrected chi connectivity index (χ2v) is 5.45. The molecule has 0 spiro atoms. The number of rotatable bonds is 2. The van der Waals surface area contributed by atoms with E-state index in [1.807, 2.05) is 4.72 Å². The van der Waals surface area contributed by atoms with Crippen molar-refractivity contribution in [1.29, 1.82) is 0 Å². The number of hydrogen-bond donors (Lipinski definition) is 2. The maximum absolute atomic E-state index is 11.6. The lowest BCUT2D eigenvalue weighted by atomic mass is 10.0. The van der Waals surface area contributed by atoms with Crippen LogP contribution in [0.4, 0.5) is 4.79 Å². The quantitative estimate of drug-likeness (QED) is 0.714. The standard InChI is InChI=1S/C8H16N2O3S/c1-9-8(11)10-14(12,13)7-5-3-2-4-6-7/h7H,2-6H2,1H3,(H2,9,10,11). The summed E-state index contributed by atoms with van der Waals surface area (Å²) in [4.78, 5) is 10.9. The molecule has 5 nitrogen and oxygen atoms in total. The zero-order valence-electron chi connectivity index (χ0n) is 8.25. The van der Waals surface area contributed by atoms with Gasteiger partial charge in [-0.15, -0.1) is 0 Å². The zero-order chi connectivity index (χ0) is 10.6. The Kier molecular flexibility index (Phi) is 3.74. The SMILES string of the molecule is CNC(=O)NS(=O)(=O)C1CCCCC1. The van der Waals surface area contributed by atoms with Crippen LogP contribution in [0.1, 0.15) is 32.1 Å². The summed E-state index contributed by atoms with van der Waals surface area (Å²) in [5.41, 5.74) is 0. The molecule has 1 aliphatic carbocycles. The van der Waals surface area contributed by atoms with E-state index in [2.05, 4.69) is 5.32 Å². The topological polar surface area (TPSA) is 75.3 Å². The Hall–Kier alpha value is -0.780. The van der Waals surface area contributed by atoms with E-state index in [9.17, 15) is 13.2 Å². The average Bonchev–Trinajstić information content (AvgIpc) is 2.18. The average molecular weight is 220 g/mol. The van der Waals surface area contributed by atoms with Crippen molar-refractivity contribution in [3.05, 3.63) is 0 Å². The highest BCUT2D eigenvalue weighted by molar-refractivity contribution is 7.90. The largest absolute Gasteiger partial charge is 0.340 e. The molecule has 2 amide bonds. The number of sulfonamides is 1. The summed E-state index contributed by atoms with van der Waals surface area (Å²) in [6.45, 7) is 0. The maximum Gasteiger partial charge on any atom is 0.328 e. The first-order chi connectivity index (χ1) is 6.56. The Morgan fingerprint density at radius 1 is 1.21 bits per heavy atom. The van der Waals surface area contributed by atoms with Crippen LogP contribution in [0.3, 0.4) is 0 Å². The molecule has 6 heteroatoms. The van der Waals surface area contributed by atoms with Gasteiger partial charge in [-0.2, -0.15) is 0 Å². The second-order valence-electron chi connectivity index (χ2n) is 3.49. The molecule has 0 saturated heterocycles. The predicted octanol–water partition coefficient (Wildman–Crippen LogP) is 0.578. The van der Waals surface area contributed by atoms with Gasteiger partial charge in [0, 0.05) is 7.05 Å². The molecule has 1 aliphatic rings. The minimum absolute atomic E-state index is 0.395. The number of nitrogens with one attached hydrogen (secondary N) is 2. The first-order valence-corrected chi connectivity index (χ1v) is 6.34. The molecule has 1 rings (SSSR count). The molecule has 0 bridgehead atoms. The van der Waals surface area contributed by atoms with E-state index in [0.717, 1.165) is 19.3 Å². The van der Waals surface area contributed by atoms with Crippen LogP contribution in [0.5, 0.6) is 0 Å². The lowest BCUT2D eigenvalue weighted by Gasteiger charge is -2.21. The van der Waals surface area contributed by atoms with Crippen molar-refractivity contribution in [2.45, 2.75) is 37.4 Å². The predicted molar refractivity (Wildman–Crippen MR) is 53.4 cm³/mol. The Bertz CT molecular complexity index is 294. The molecule has 0 aromatic rings. The number of carbonyl (C=O) groups excluding carboxylic acids is 1. The first kappa shape index (κ1) is 11.3. The summed E-state index contributed by atoms with van der Waals surface area (Å²) >= 11 is 0. The molecule has 82 valence electrons. The normalized spacial score (nSPS) is 18.9. The summed E-state index contributed by atoms with van der Waals surface area (Å²) < 4.78 is 25.2. The molecular formula is C8H16N2O3S. The van der Waals surface area contributed by atoms with E-state index < -0.39 is 21.3 Å². The van der Waals surface area contributed by atoms with Crippen LogP contribution in [0.2, 0.25) is 0 Å². The molecule has 0 aliphatic heterocycles. The summed E-state index contributed by atoms with van der Waals surface area (Å²) in [5.74, 6) is 0. The second kappa shape index (κ2) is 4.63. The van der Waals surface area contributed by atoms with Crippen molar-refractivity contribution >= 4 is 16.1 Å². The van der Waals surface area contributed by atoms with Crippen LogP contribution in [0.15, 0.2) is 0 Å². The lowest BCUT2D eigenvalue weighted by Crippen LogP contribution is -2.43. The molecule has 1 fully saturated rings. The fourth-order valence-electron chi connectivity index (χ4n) is 1.64.